The summed E-state index contributed by atoms with van der Waals surface area (Å²) in [6.07, 6.45) is 2.45. The van der Waals surface area contributed by atoms with Gasteiger partial charge in [-0.25, -0.2) is 4.99 Å². The van der Waals surface area contributed by atoms with Gasteiger partial charge in [-0.2, -0.15) is 0 Å². The number of nitrogens with zero attached hydrogens (tertiary/aromatic N) is 2. The molecule has 2 N–H and O–H groups in total. The number of hydrogen-bond acceptors (Lipinski definition) is 1. The second-order valence-corrected chi connectivity index (χ2v) is 7.27. The fourth-order valence-corrected chi connectivity index (χ4v) is 2.39. The van der Waals surface area contributed by atoms with Gasteiger partial charge in [-0.3, -0.25) is 0 Å². The van der Waals surface area contributed by atoms with Gasteiger partial charge >= 0.3 is 0 Å². The summed E-state index contributed by atoms with van der Waals surface area (Å²) < 4.78 is 0. The van der Waals surface area contributed by atoms with E-state index in [2.05, 4.69) is 51.4 Å². The first-order chi connectivity index (χ1) is 7.59. The molecule has 3 nitrogen and oxygen atoms in total. The van der Waals surface area contributed by atoms with Crippen LogP contribution in [0.3, 0.4) is 0 Å². The van der Waals surface area contributed by atoms with Gasteiger partial charge in [0.25, 0.3) is 0 Å². The molecule has 0 unspecified atom stereocenters. The molecule has 1 saturated heterocycles. The van der Waals surface area contributed by atoms with Crippen LogP contribution < -0.4 is 5.73 Å². The molecular weight excluding hydrogens is 210 g/mol. The molecule has 100 valence electrons. The van der Waals surface area contributed by atoms with Crippen molar-refractivity contribution in [2.45, 2.75) is 59.9 Å². The van der Waals surface area contributed by atoms with Crippen molar-refractivity contribution < 1.29 is 0 Å². The summed E-state index contributed by atoms with van der Waals surface area (Å²) in [7, 11) is 0. The lowest BCUT2D eigenvalue weighted by molar-refractivity contribution is 0.148. The lowest BCUT2D eigenvalue weighted by Crippen LogP contribution is -2.45. The summed E-state index contributed by atoms with van der Waals surface area (Å²) >= 11 is 0. The molecule has 0 aromatic heterocycles. The van der Waals surface area contributed by atoms with E-state index in [4.69, 9.17) is 5.73 Å². The SMILES string of the molecule is CC(C)(C)N=C(N)N1CCC(C(C)(C)C)CC1. The summed E-state index contributed by atoms with van der Waals surface area (Å²) in [6.45, 7) is 15.4. The molecule has 0 spiro atoms. The van der Waals surface area contributed by atoms with E-state index in [0.29, 0.717) is 11.4 Å². The molecule has 0 aromatic carbocycles. The molecule has 1 rings (SSSR count). The summed E-state index contributed by atoms with van der Waals surface area (Å²) in [4.78, 5) is 6.77. The highest BCUT2D eigenvalue weighted by atomic mass is 15.3. The first-order valence-corrected chi connectivity index (χ1v) is 6.70. The zero-order valence-electron chi connectivity index (χ0n) is 12.4. The van der Waals surface area contributed by atoms with Crippen LogP contribution in [0.2, 0.25) is 0 Å². The van der Waals surface area contributed by atoms with Gasteiger partial charge in [0, 0.05) is 13.1 Å². The number of nitrogens with two attached hydrogens (primary N) is 1. The van der Waals surface area contributed by atoms with Crippen molar-refractivity contribution in [2.75, 3.05) is 13.1 Å². The molecule has 0 saturated carbocycles. The molecule has 0 bridgehead atoms. The van der Waals surface area contributed by atoms with Gasteiger partial charge in [0.05, 0.1) is 5.54 Å². The summed E-state index contributed by atoms with van der Waals surface area (Å²) in [5, 5.41) is 0. The van der Waals surface area contributed by atoms with Gasteiger partial charge in [0.15, 0.2) is 5.96 Å². The Morgan fingerprint density at radius 3 is 1.88 bits per heavy atom. The van der Waals surface area contributed by atoms with Crippen molar-refractivity contribution in [3.05, 3.63) is 0 Å². The van der Waals surface area contributed by atoms with Gasteiger partial charge < -0.3 is 10.6 Å². The first-order valence-electron chi connectivity index (χ1n) is 6.70. The maximum Gasteiger partial charge on any atom is 0.191 e. The molecule has 0 amide bonds. The lowest BCUT2D eigenvalue weighted by atomic mass is 9.75. The van der Waals surface area contributed by atoms with Gasteiger partial charge in [0.1, 0.15) is 0 Å². The smallest absolute Gasteiger partial charge is 0.191 e. The lowest BCUT2D eigenvalue weighted by Gasteiger charge is -2.39. The molecule has 0 radical (unpaired) electrons. The molecule has 3 heteroatoms. The molecule has 1 fully saturated rings. The average Bonchev–Trinajstić information content (AvgIpc) is 2.14. The quantitative estimate of drug-likeness (QED) is 0.522. The van der Waals surface area contributed by atoms with Crippen LogP contribution in [0.15, 0.2) is 4.99 Å². The minimum atomic E-state index is -0.0784. The van der Waals surface area contributed by atoms with Crippen LogP contribution >= 0.6 is 0 Å². The number of rotatable bonds is 0. The molecule has 0 aliphatic carbocycles. The maximum absolute atomic E-state index is 6.06. The van der Waals surface area contributed by atoms with E-state index in [1.165, 1.54) is 12.8 Å². The van der Waals surface area contributed by atoms with Crippen molar-refractivity contribution in [1.82, 2.24) is 4.90 Å². The molecule has 17 heavy (non-hydrogen) atoms. The maximum atomic E-state index is 6.06. The zero-order chi connectivity index (χ0) is 13.3. The number of hydrogen-bond donors (Lipinski definition) is 1. The third-order valence-electron chi connectivity index (χ3n) is 3.49. The molecule has 1 aliphatic rings. The van der Waals surface area contributed by atoms with Crippen molar-refractivity contribution in [3.63, 3.8) is 0 Å². The first kappa shape index (κ1) is 14.3. The van der Waals surface area contributed by atoms with E-state index in [0.717, 1.165) is 19.0 Å². The minimum Gasteiger partial charge on any atom is -0.370 e. The molecule has 1 aliphatic heterocycles. The van der Waals surface area contributed by atoms with Crippen LogP contribution in [0.4, 0.5) is 0 Å². The van der Waals surface area contributed by atoms with Gasteiger partial charge in [-0.05, 0) is 44.9 Å². The normalized spacial score (nSPS) is 20.8. The molecule has 0 atom stereocenters. The van der Waals surface area contributed by atoms with Crippen LogP contribution in [0.1, 0.15) is 54.4 Å². The second-order valence-electron chi connectivity index (χ2n) is 7.27. The number of aliphatic imine (C=N–C) groups is 1. The van der Waals surface area contributed by atoms with Gasteiger partial charge in [-0.15, -0.1) is 0 Å². The number of likely N-dealkylation sites (tertiary alicyclic amines) is 1. The highest BCUT2D eigenvalue weighted by Gasteiger charge is 2.29. The Morgan fingerprint density at radius 2 is 1.53 bits per heavy atom. The van der Waals surface area contributed by atoms with Gasteiger partial charge in [-0.1, -0.05) is 20.8 Å². The van der Waals surface area contributed by atoms with Gasteiger partial charge in [0.2, 0.25) is 0 Å². The summed E-state index contributed by atoms with van der Waals surface area (Å²) in [6, 6.07) is 0. The van der Waals surface area contributed by atoms with E-state index in [1.807, 2.05) is 0 Å². The van der Waals surface area contributed by atoms with Crippen molar-refractivity contribution >= 4 is 5.96 Å². The second kappa shape index (κ2) is 4.87. The topological polar surface area (TPSA) is 41.6 Å². The number of piperidine rings is 1. The monoisotopic (exact) mass is 239 g/mol. The molecular formula is C14H29N3. The third-order valence-corrected chi connectivity index (χ3v) is 3.49. The highest BCUT2D eigenvalue weighted by molar-refractivity contribution is 5.78. The fraction of sp³-hybridized carbons (Fsp3) is 0.929. The Morgan fingerprint density at radius 1 is 1.06 bits per heavy atom. The van der Waals surface area contributed by atoms with Crippen LogP contribution in [0.5, 0.6) is 0 Å². The Hall–Kier alpha value is -0.730. The highest BCUT2D eigenvalue weighted by Crippen LogP contribution is 2.34. The third kappa shape index (κ3) is 4.57. The zero-order valence-corrected chi connectivity index (χ0v) is 12.4. The predicted molar refractivity (Wildman–Crippen MR) is 75.1 cm³/mol. The largest absolute Gasteiger partial charge is 0.370 e. The Kier molecular flexibility index (Phi) is 4.11. The fourth-order valence-electron chi connectivity index (χ4n) is 2.39. The van der Waals surface area contributed by atoms with E-state index >= 15 is 0 Å². The predicted octanol–water partition coefficient (Wildman–Crippen LogP) is 2.86. The van der Waals surface area contributed by atoms with E-state index < -0.39 is 0 Å². The van der Waals surface area contributed by atoms with Crippen LogP contribution in [-0.4, -0.2) is 29.5 Å². The van der Waals surface area contributed by atoms with Crippen molar-refractivity contribution in [2.24, 2.45) is 22.1 Å². The number of guanidine groups is 1. The Bertz CT molecular complexity index is 273. The van der Waals surface area contributed by atoms with Crippen LogP contribution in [0, 0.1) is 11.3 Å². The van der Waals surface area contributed by atoms with E-state index in [9.17, 15) is 0 Å². The standard InChI is InChI=1S/C14H29N3/c1-13(2,3)11-7-9-17(10-8-11)12(15)16-14(4,5)6/h11H,7-10H2,1-6H3,(H2,15,16). The van der Waals surface area contributed by atoms with Crippen molar-refractivity contribution in [1.29, 1.82) is 0 Å². The summed E-state index contributed by atoms with van der Waals surface area (Å²) in [5.41, 5.74) is 6.41. The molecule has 1 heterocycles. The van der Waals surface area contributed by atoms with Crippen LogP contribution in [-0.2, 0) is 0 Å². The van der Waals surface area contributed by atoms with E-state index in [1.54, 1.807) is 0 Å². The van der Waals surface area contributed by atoms with Crippen LogP contribution in [0.25, 0.3) is 0 Å². The average molecular weight is 239 g/mol. The summed E-state index contributed by atoms with van der Waals surface area (Å²) in [5.74, 6) is 1.52. The van der Waals surface area contributed by atoms with E-state index in [-0.39, 0.29) is 5.54 Å². The Labute approximate surface area is 106 Å². The Balaban J connectivity index is 2.56. The van der Waals surface area contributed by atoms with Crippen molar-refractivity contribution in [3.8, 4) is 0 Å². The molecule has 0 aromatic rings. The minimum absolute atomic E-state index is 0.0784.